The summed E-state index contributed by atoms with van der Waals surface area (Å²) in [6, 6.07) is 6.14. The summed E-state index contributed by atoms with van der Waals surface area (Å²) in [5, 5.41) is 3.30. The van der Waals surface area contributed by atoms with Crippen LogP contribution in [0, 0.1) is 13.8 Å². The van der Waals surface area contributed by atoms with Crippen LogP contribution in [0.3, 0.4) is 0 Å². The first-order chi connectivity index (χ1) is 9.09. The standard InChI is InChI=1S/C15H23N3O/c1-12-5-4-6-13(2)15(12)17(3)14(19)11-18-9-7-16-8-10-18/h4-6,16H,7-11H2,1-3H3. The van der Waals surface area contributed by atoms with E-state index in [1.165, 1.54) is 0 Å². The van der Waals surface area contributed by atoms with Gasteiger partial charge in [-0.3, -0.25) is 9.69 Å². The van der Waals surface area contributed by atoms with Gasteiger partial charge < -0.3 is 10.2 Å². The number of hydrogen-bond donors (Lipinski definition) is 1. The third-order valence-corrected chi connectivity index (χ3v) is 3.72. The van der Waals surface area contributed by atoms with Gasteiger partial charge >= 0.3 is 0 Å². The molecule has 1 aromatic carbocycles. The van der Waals surface area contributed by atoms with Crippen LogP contribution in [0.15, 0.2) is 18.2 Å². The highest BCUT2D eigenvalue weighted by atomic mass is 16.2. The molecule has 0 unspecified atom stereocenters. The Balaban J connectivity index is 2.06. The summed E-state index contributed by atoms with van der Waals surface area (Å²) >= 11 is 0. The van der Waals surface area contributed by atoms with Crippen molar-refractivity contribution in [2.75, 3.05) is 44.7 Å². The summed E-state index contributed by atoms with van der Waals surface area (Å²) < 4.78 is 0. The Morgan fingerprint density at radius 1 is 1.26 bits per heavy atom. The van der Waals surface area contributed by atoms with Crippen molar-refractivity contribution < 1.29 is 4.79 Å². The minimum atomic E-state index is 0.166. The van der Waals surface area contributed by atoms with Gasteiger partial charge in [0.2, 0.25) is 5.91 Å². The van der Waals surface area contributed by atoms with Crippen molar-refractivity contribution >= 4 is 11.6 Å². The number of likely N-dealkylation sites (N-methyl/N-ethyl adjacent to an activating group) is 1. The van der Waals surface area contributed by atoms with Crippen molar-refractivity contribution in [3.63, 3.8) is 0 Å². The fourth-order valence-electron chi connectivity index (χ4n) is 2.63. The molecule has 19 heavy (non-hydrogen) atoms. The second-order valence-electron chi connectivity index (χ2n) is 5.22. The molecule has 0 saturated carbocycles. The molecule has 104 valence electrons. The molecule has 1 aliphatic rings. The van der Waals surface area contributed by atoms with E-state index in [9.17, 15) is 4.79 Å². The number of carbonyl (C=O) groups excluding carboxylic acids is 1. The molecule has 4 nitrogen and oxygen atoms in total. The molecular weight excluding hydrogens is 238 g/mol. The molecule has 0 aliphatic carbocycles. The summed E-state index contributed by atoms with van der Waals surface area (Å²) in [5.74, 6) is 0.166. The number of nitrogens with one attached hydrogen (secondary N) is 1. The highest BCUT2D eigenvalue weighted by Gasteiger charge is 2.19. The molecule has 1 fully saturated rings. The van der Waals surface area contributed by atoms with Crippen molar-refractivity contribution in [3.8, 4) is 0 Å². The van der Waals surface area contributed by atoms with E-state index in [0.717, 1.165) is 43.0 Å². The van der Waals surface area contributed by atoms with Crippen LogP contribution in [0.5, 0.6) is 0 Å². The molecule has 4 heteroatoms. The monoisotopic (exact) mass is 261 g/mol. The lowest BCUT2D eigenvalue weighted by Gasteiger charge is -2.29. The maximum atomic E-state index is 12.4. The lowest BCUT2D eigenvalue weighted by Crippen LogP contribution is -2.48. The Hall–Kier alpha value is -1.39. The van der Waals surface area contributed by atoms with Crippen LogP contribution in [-0.4, -0.2) is 50.6 Å². The van der Waals surface area contributed by atoms with Crippen LogP contribution < -0.4 is 10.2 Å². The van der Waals surface area contributed by atoms with Gasteiger partial charge in [-0.15, -0.1) is 0 Å². The number of para-hydroxylation sites is 1. The number of hydrogen-bond acceptors (Lipinski definition) is 3. The van der Waals surface area contributed by atoms with Crippen molar-refractivity contribution in [1.29, 1.82) is 0 Å². The Morgan fingerprint density at radius 2 is 1.84 bits per heavy atom. The van der Waals surface area contributed by atoms with Crippen LogP contribution in [-0.2, 0) is 4.79 Å². The highest BCUT2D eigenvalue weighted by molar-refractivity contribution is 5.95. The van der Waals surface area contributed by atoms with Gasteiger partial charge in [-0.1, -0.05) is 18.2 Å². The zero-order chi connectivity index (χ0) is 13.8. The van der Waals surface area contributed by atoms with Gasteiger partial charge in [0.05, 0.1) is 6.54 Å². The quantitative estimate of drug-likeness (QED) is 0.887. The molecule has 1 heterocycles. The van der Waals surface area contributed by atoms with Crippen molar-refractivity contribution in [2.45, 2.75) is 13.8 Å². The molecule has 0 spiro atoms. The second kappa shape index (κ2) is 6.17. The first-order valence-corrected chi connectivity index (χ1v) is 6.85. The minimum absolute atomic E-state index is 0.166. The average molecular weight is 261 g/mol. The van der Waals surface area contributed by atoms with Crippen molar-refractivity contribution in [3.05, 3.63) is 29.3 Å². The zero-order valence-corrected chi connectivity index (χ0v) is 12.1. The number of benzene rings is 1. The van der Waals surface area contributed by atoms with Gasteiger partial charge in [-0.05, 0) is 25.0 Å². The van der Waals surface area contributed by atoms with Crippen molar-refractivity contribution in [1.82, 2.24) is 10.2 Å². The average Bonchev–Trinajstić information content (AvgIpc) is 2.39. The third kappa shape index (κ3) is 3.33. The molecule has 1 aliphatic heterocycles. The number of anilines is 1. The maximum Gasteiger partial charge on any atom is 0.240 e. The predicted molar refractivity (Wildman–Crippen MR) is 78.6 cm³/mol. The molecule has 0 atom stereocenters. The van der Waals surface area contributed by atoms with E-state index in [-0.39, 0.29) is 5.91 Å². The van der Waals surface area contributed by atoms with Gasteiger partial charge in [0.15, 0.2) is 0 Å². The number of aryl methyl sites for hydroxylation is 2. The summed E-state index contributed by atoms with van der Waals surface area (Å²) in [6.07, 6.45) is 0. The van der Waals surface area contributed by atoms with Crippen LogP contribution >= 0.6 is 0 Å². The van der Waals surface area contributed by atoms with E-state index in [1.807, 2.05) is 13.1 Å². The molecule has 1 amide bonds. The lowest BCUT2D eigenvalue weighted by molar-refractivity contribution is -0.119. The van der Waals surface area contributed by atoms with Gasteiger partial charge in [0, 0.05) is 38.9 Å². The topological polar surface area (TPSA) is 35.6 Å². The lowest BCUT2D eigenvalue weighted by atomic mass is 10.1. The minimum Gasteiger partial charge on any atom is -0.314 e. The smallest absolute Gasteiger partial charge is 0.240 e. The Morgan fingerprint density at radius 3 is 2.42 bits per heavy atom. The summed E-state index contributed by atoms with van der Waals surface area (Å²) in [4.78, 5) is 16.4. The van der Waals surface area contributed by atoms with Crippen LogP contribution in [0.4, 0.5) is 5.69 Å². The molecule has 0 radical (unpaired) electrons. The van der Waals surface area contributed by atoms with Crippen LogP contribution in [0.1, 0.15) is 11.1 Å². The molecule has 0 bridgehead atoms. The SMILES string of the molecule is Cc1cccc(C)c1N(C)C(=O)CN1CCNCC1. The fraction of sp³-hybridized carbons (Fsp3) is 0.533. The number of piperazine rings is 1. The van der Waals surface area contributed by atoms with E-state index < -0.39 is 0 Å². The molecule has 1 saturated heterocycles. The largest absolute Gasteiger partial charge is 0.314 e. The summed E-state index contributed by atoms with van der Waals surface area (Å²) in [6.45, 7) is 8.46. The zero-order valence-electron chi connectivity index (χ0n) is 12.1. The van der Waals surface area contributed by atoms with Gasteiger partial charge in [-0.2, -0.15) is 0 Å². The first kappa shape index (κ1) is 14.0. The third-order valence-electron chi connectivity index (χ3n) is 3.72. The molecule has 2 rings (SSSR count). The van der Waals surface area contributed by atoms with Crippen LogP contribution in [0.2, 0.25) is 0 Å². The number of nitrogens with zero attached hydrogens (tertiary/aromatic N) is 2. The normalized spacial score (nSPS) is 16.4. The fourth-order valence-corrected chi connectivity index (χ4v) is 2.63. The number of carbonyl (C=O) groups is 1. The van der Waals surface area contributed by atoms with Gasteiger partial charge in [0.1, 0.15) is 0 Å². The second-order valence-corrected chi connectivity index (χ2v) is 5.22. The van der Waals surface area contributed by atoms with Gasteiger partial charge in [0.25, 0.3) is 0 Å². The molecular formula is C15H23N3O. The Kier molecular flexibility index (Phi) is 4.56. The maximum absolute atomic E-state index is 12.4. The molecule has 0 aromatic heterocycles. The summed E-state index contributed by atoms with van der Waals surface area (Å²) in [7, 11) is 1.87. The molecule has 1 N–H and O–H groups in total. The van der Waals surface area contributed by atoms with Gasteiger partial charge in [-0.25, -0.2) is 0 Å². The predicted octanol–water partition coefficient (Wildman–Crippen LogP) is 1.17. The highest BCUT2D eigenvalue weighted by Crippen LogP contribution is 2.23. The van der Waals surface area contributed by atoms with Crippen LogP contribution in [0.25, 0.3) is 0 Å². The van der Waals surface area contributed by atoms with E-state index in [0.29, 0.717) is 6.54 Å². The Labute approximate surface area is 115 Å². The van der Waals surface area contributed by atoms with E-state index in [1.54, 1.807) is 4.90 Å². The summed E-state index contributed by atoms with van der Waals surface area (Å²) in [5.41, 5.74) is 3.34. The molecule has 1 aromatic rings. The van der Waals surface area contributed by atoms with E-state index in [2.05, 4.69) is 36.2 Å². The van der Waals surface area contributed by atoms with E-state index >= 15 is 0 Å². The first-order valence-electron chi connectivity index (χ1n) is 6.85. The number of amides is 1. The number of rotatable bonds is 3. The Bertz CT molecular complexity index is 432. The van der Waals surface area contributed by atoms with E-state index in [4.69, 9.17) is 0 Å². The van der Waals surface area contributed by atoms with Crippen molar-refractivity contribution in [2.24, 2.45) is 0 Å².